The van der Waals surface area contributed by atoms with Gasteiger partial charge in [-0.2, -0.15) is 0 Å². The summed E-state index contributed by atoms with van der Waals surface area (Å²) in [5.74, 6) is 0.494. The Morgan fingerprint density at radius 1 is 1.16 bits per heavy atom. The van der Waals surface area contributed by atoms with Gasteiger partial charge in [0.15, 0.2) is 5.78 Å². The number of methoxy groups -OCH3 is 1. The number of benzene rings is 1. The van der Waals surface area contributed by atoms with Crippen LogP contribution in [0.2, 0.25) is 0 Å². The van der Waals surface area contributed by atoms with Gasteiger partial charge >= 0.3 is 0 Å². The first kappa shape index (κ1) is 13.3. The summed E-state index contributed by atoms with van der Waals surface area (Å²) in [6.07, 6.45) is 3.88. The minimum atomic E-state index is 0.0841. The molecule has 0 aliphatic heterocycles. The van der Waals surface area contributed by atoms with Crippen LogP contribution < -0.4 is 4.74 Å². The van der Waals surface area contributed by atoms with Crippen molar-refractivity contribution in [1.29, 1.82) is 0 Å². The molecule has 1 aromatic heterocycles. The highest BCUT2D eigenvalue weighted by atomic mass is 16.5. The van der Waals surface area contributed by atoms with Crippen LogP contribution in [0, 0.1) is 0 Å². The van der Waals surface area contributed by atoms with E-state index in [1.807, 2.05) is 18.2 Å². The second-order valence-corrected chi connectivity index (χ2v) is 4.32. The number of pyridine rings is 1. The summed E-state index contributed by atoms with van der Waals surface area (Å²) in [4.78, 5) is 16.1. The molecule has 0 aliphatic carbocycles. The minimum Gasteiger partial charge on any atom is -0.480 e. The predicted molar refractivity (Wildman–Crippen MR) is 74.5 cm³/mol. The van der Waals surface area contributed by atoms with E-state index in [2.05, 4.69) is 17.1 Å². The molecule has 0 radical (unpaired) electrons. The van der Waals surface area contributed by atoms with Crippen molar-refractivity contribution in [3.63, 3.8) is 0 Å². The van der Waals surface area contributed by atoms with E-state index in [0.29, 0.717) is 17.9 Å². The van der Waals surface area contributed by atoms with Gasteiger partial charge in [-0.15, -0.1) is 0 Å². The van der Waals surface area contributed by atoms with Gasteiger partial charge in [0.05, 0.1) is 12.7 Å². The SMILES string of the molecule is COc1ncccc1C(=O)CCCc1ccccc1. The zero-order chi connectivity index (χ0) is 13.5. The number of ketones is 1. The lowest BCUT2D eigenvalue weighted by molar-refractivity contribution is 0.0976. The number of ether oxygens (including phenoxy) is 1. The third kappa shape index (κ3) is 3.65. The molecule has 19 heavy (non-hydrogen) atoms. The Kier molecular flexibility index (Phi) is 4.67. The average Bonchev–Trinajstić information content (AvgIpc) is 2.48. The Balaban J connectivity index is 1.91. The molecule has 0 spiro atoms. The molecule has 2 aromatic rings. The minimum absolute atomic E-state index is 0.0841. The van der Waals surface area contributed by atoms with Crippen molar-refractivity contribution in [3.05, 3.63) is 59.8 Å². The molecule has 0 N–H and O–H groups in total. The van der Waals surface area contributed by atoms with Gasteiger partial charge in [-0.25, -0.2) is 4.98 Å². The quantitative estimate of drug-likeness (QED) is 0.743. The van der Waals surface area contributed by atoms with Crippen molar-refractivity contribution in [2.45, 2.75) is 19.3 Å². The first-order valence-corrected chi connectivity index (χ1v) is 6.37. The van der Waals surface area contributed by atoms with E-state index in [9.17, 15) is 4.79 Å². The van der Waals surface area contributed by atoms with Crippen LogP contribution in [0.4, 0.5) is 0 Å². The third-order valence-corrected chi connectivity index (χ3v) is 2.98. The van der Waals surface area contributed by atoms with Crippen LogP contribution in [0.3, 0.4) is 0 Å². The van der Waals surface area contributed by atoms with Gasteiger partial charge in [0, 0.05) is 12.6 Å². The zero-order valence-corrected chi connectivity index (χ0v) is 11.0. The van der Waals surface area contributed by atoms with Gasteiger partial charge in [0.2, 0.25) is 5.88 Å². The molecule has 98 valence electrons. The van der Waals surface area contributed by atoms with Crippen molar-refractivity contribution in [1.82, 2.24) is 4.98 Å². The van der Waals surface area contributed by atoms with Gasteiger partial charge in [0.1, 0.15) is 0 Å². The van der Waals surface area contributed by atoms with Gasteiger partial charge in [-0.1, -0.05) is 30.3 Å². The lowest BCUT2D eigenvalue weighted by Crippen LogP contribution is -2.04. The topological polar surface area (TPSA) is 39.2 Å². The number of nitrogens with zero attached hydrogens (tertiary/aromatic N) is 1. The molecule has 3 nitrogen and oxygen atoms in total. The fourth-order valence-electron chi connectivity index (χ4n) is 2.00. The van der Waals surface area contributed by atoms with Crippen molar-refractivity contribution < 1.29 is 9.53 Å². The van der Waals surface area contributed by atoms with E-state index in [-0.39, 0.29) is 5.78 Å². The molecule has 0 saturated heterocycles. The summed E-state index contributed by atoms with van der Waals surface area (Å²) in [5, 5.41) is 0. The molecular formula is C16H17NO2. The molecule has 2 rings (SSSR count). The smallest absolute Gasteiger partial charge is 0.224 e. The molecule has 0 atom stereocenters. The molecule has 0 bridgehead atoms. The van der Waals surface area contributed by atoms with Crippen LogP contribution in [-0.4, -0.2) is 17.9 Å². The maximum atomic E-state index is 12.1. The average molecular weight is 255 g/mol. The van der Waals surface area contributed by atoms with Gasteiger partial charge in [0.25, 0.3) is 0 Å². The summed E-state index contributed by atoms with van der Waals surface area (Å²) in [6, 6.07) is 13.7. The van der Waals surface area contributed by atoms with E-state index in [1.54, 1.807) is 18.3 Å². The number of carbonyl (C=O) groups is 1. The Morgan fingerprint density at radius 3 is 2.68 bits per heavy atom. The fourth-order valence-corrected chi connectivity index (χ4v) is 2.00. The predicted octanol–water partition coefficient (Wildman–Crippen LogP) is 3.30. The van der Waals surface area contributed by atoms with Crippen LogP contribution in [-0.2, 0) is 6.42 Å². The van der Waals surface area contributed by atoms with Gasteiger partial charge < -0.3 is 4.74 Å². The summed E-state index contributed by atoms with van der Waals surface area (Å²) >= 11 is 0. The van der Waals surface area contributed by atoms with Gasteiger partial charge in [-0.3, -0.25) is 4.79 Å². The van der Waals surface area contributed by atoms with E-state index in [4.69, 9.17) is 4.74 Å². The largest absolute Gasteiger partial charge is 0.480 e. The lowest BCUT2D eigenvalue weighted by atomic mass is 10.0. The monoisotopic (exact) mass is 255 g/mol. The molecule has 0 aliphatic rings. The number of hydrogen-bond acceptors (Lipinski definition) is 3. The van der Waals surface area contributed by atoms with Crippen LogP contribution in [0.5, 0.6) is 5.88 Å². The molecule has 1 heterocycles. The summed E-state index contributed by atoms with van der Waals surface area (Å²) < 4.78 is 5.10. The van der Waals surface area contributed by atoms with Crippen molar-refractivity contribution in [3.8, 4) is 5.88 Å². The van der Waals surface area contributed by atoms with Crippen LogP contribution in [0.1, 0.15) is 28.8 Å². The number of Topliss-reactive ketones (excluding diaryl/α,β-unsaturated/α-hetero) is 1. The zero-order valence-electron chi connectivity index (χ0n) is 11.0. The number of aryl methyl sites for hydroxylation is 1. The number of aromatic nitrogens is 1. The van der Waals surface area contributed by atoms with E-state index >= 15 is 0 Å². The van der Waals surface area contributed by atoms with Crippen molar-refractivity contribution in [2.75, 3.05) is 7.11 Å². The van der Waals surface area contributed by atoms with Crippen molar-refractivity contribution in [2.24, 2.45) is 0 Å². The highest BCUT2D eigenvalue weighted by Crippen LogP contribution is 2.17. The summed E-state index contributed by atoms with van der Waals surface area (Å²) in [6.45, 7) is 0. The third-order valence-electron chi connectivity index (χ3n) is 2.98. The second-order valence-electron chi connectivity index (χ2n) is 4.32. The van der Waals surface area contributed by atoms with Gasteiger partial charge in [-0.05, 0) is 30.5 Å². The van der Waals surface area contributed by atoms with Crippen LogP contribution in [0.15, 0.2) is 48.7 Å². The highest BCUT2D eigenvalue weighted by molar-refractivity contribution is 5.98. The van der Waals surface area contributed by atoms with E-state index < -0.39 is 0 Å². The summed E-state index contributed by atoms with van der Waals surface area (Å²) in [5.41, 5.74) is 1.83. The molecule has 0 amide bonds. The van der Waals surface area contributed by atoms with Crippen molar-refractivity contribution >= 4 is 5.78 Å². The Hall–Kier alpha value is -2.16. The van der Waals surface area contributed by atoms with Crippen LogP contribution >= 0.6 is 0 Å². The fraction of sp³-hybridized carbons (Fsp3) is 0.250. The summed E-state index contributed by atoms with van der Waals surface area (Å²) in [7, 11) is 1.53. The lowest BCUT2D eigenvalue weighted by Gasteiger charge is -2.06. The molecule has 1 aromatic carbocycles. The number of hydrogen-bond donors (Lipinski definition) is 0. The van der Waals surface area contributed by atoms with Crippen LogP contribution in [0.25, 0.3) is 0 Å². The molecule has 3 heteroatoms. The van der Waals surface area contributed by atoms with E-state index in [1.165, 1.54) is 12.7 Å². The molecule has 0 unspecified atom stereocenters. The molecular weight excluding hydrogens is 238 g/mol. The Morgan fingerprint density at radius 2 is 1.95 bits per heavy atom. The first-order valence-electron chi connectivity index (χ1n) is 6.37. The molecule has 0 saturated carbocycles. The van der Waals surface area contributed by atoms with E-state index in [0.717, 1.165) is 12.8 Å². The molecule has 0 fully saturated rings. The Bertz CT molecular complexity index is 537. The maximum Gasteiger partial charge on any atom is 0.224 e. The number of carbonyl (C=O) groups excluding carboxylic acids is 1. The maximum absolute atomic E-state index is 12.1. The second kappa shape index (κ2) is 6.69. The number of rotatable bonds is 6. The Labute approximate surface area is 113 Å². The normalized spacial score (nSPS) is 10.2. The first-order chi connectivity index (χ1) is 9.31. The highest BCUT2D eigenvalue weighted by Gasteiger charge is 2.12. The standard InChI is InChI=1S/C16H17NO2/c1-19-16-14(10-6-12-17-16)15(18)11-5-9-13-7-3-2-4-8-13/h2-4,6-8,10,12H,5,9,11H2,1H3.